The molecule has 0 saturated carbocycles. The summed E-state index contributed by atoms with van der Waals surface area (Å²) in [4.78, 5) is 33.1. The number of carbonyl (C=O) groups is 3. The highest BCUT2D eigenvalue weighted by molar-refractivity contribution is 5.82. The maximum absolute atomic E-state index is 11.7. The summed E-state index contributed by atoms with van der Waals surface area (Å²) < 4.78 is 0. The van der Waals surface area contributed by atoms with Gasteiger partial charge in [-0.25, -0.2) is 4.79 Å². The Morgan fingerprint density at radius 3 is 2.50 bits per heavy atom. The Kier molecular flexibility index (Phi) is 5.52. The van der Waals surface area contributed by atoms with Crippen LogP contribution < -0.4 is 16.4 Å². The number of nitrogens with one attached hydrogen (secondary N) is 2. The summed E-state index contributed by atoms with van der Waals surface area (Å²) in [6.45, 7) is 1.38. The summed E-state index contributed by atoms with van der Waals surface area (Å²) in [5, 5.41) is 13.2. The molecule has 1 aromatic rings. The molecule has 0 aliphatic rings. The molecule has 5 N–H and O–H groups in total. The Morgan fingerprint density at radius 2 is 1.95 bits per heavy atom. The Morgan fingerprint density at radius 1 is 1.30 bits per heavy atom. The van der Waals surface area contributed by atoms with Gasteiger partial charge in [0.25, 0.3) is 0 Å². The van der Waals surface area contributed by atoms with Crippen LogP contribution in [-0.4, -0.2) is 29.6 Å². The number of carboxylic acids is 1. The number of carbonyl (C=O) groups excluding carboxylic acids is 2. The van der Waals surface area contributed by atoms with Crippen molar-refractivity contribution in [3.05, 3.63) is 35.4 Å². The number of benzene rings is 1. The van der Waals surface area contributed by atoms with E-state index in [0.717, 1.165) is 11.1 Å². The van der Waals surface area contributed by atoms with Crippen LogP contribution in [0, 0.1) is 6.92 Å². The van der Waals surface area contributed by atoms with E-state index in [4.69, 9.17) is 10.8 Å². The first-order valence-electron chi connectivity index (χ1n) is 6.00. The summed E-state index contributed by atoms with van der Waals surface area (Å²) in [6.07, 6.45) is -0.0823. The number of aryl methyl sites for hydroxylation is 1. The highest BCUT2D eigenvalue weighted by Crippen LogP contribution is 2.20. The van der Waals surface area contributed by atoms with Crippen LogP contribution in [0.4, 0.5) is 4.79 Å². The molecule has 0 aromatic heterocycles. The lowest BCUT2D eigenvalue weighted by Gasteiger charge is -2.19. The first kappa shape index (κ1) is 15.5. The van der Waals surface area contributed by atoms with Crippen LogP contribution in [0.5, 0.6) is 0 Å². The fraction of sp³-hybridized carbons (Fsp3) is 0.308. The van der Waals surface area contributed by atoms with Crippen LogP contribution in [0.1, 0.15) is 23.6 Å². The number of aliphatic carboxylic acids is 1. The van der Waals surface area contributed by atoms with Crippen LogP contribution in [0.15, 0.2) is 24.3 Å². The van der Waals surface area contributed by atoms with Crippen LogP contribution in [0.2, 0.25) is 0 Å². The third-order valence-electron chi connectivity index (χ3n) is 2.71. The number of hydrogen-bond acceptors (Lipinski definition) is 3. The lowest BCUT2D eigenvalue weighted by Crippen LogP contribution is -2.38. The molecule has 0 radical (unpaired) electrons. The molecule has 0 aliphatic carbocycles. The van der Waals surface area contributed by atoms with E-state index >= 15 is 0 Å². The van der Waals surface area contributed by atoms with Crippen LogP contribution in [-0.2, 0) is 9.59 Å². The molecule has 20 heavy (non-hydrogen) atoms. The molecule has 1 unspecified atom stereocenters. The first-order valence-corrected chi connectivity index (χ1v) is 6.00. The smallest absolute Gasteiger partial charge is 0.322 e. The zero-order valence-corrected chi connectivity index (χ0v) is 11.1. The van der Waals surface area contributed by atoms with Crippen LogP contribution >= 0.6 is 0 Å². The molecule has 0 heterocycles. The van der Waals surface area contributed by atoms with Crippen LogP contribution in [0.25, 0.3) is 0 Å². The minimum absolute atomic E-state index is 0.0823. The number of carboxylic acid groups (broad SMARTS) is 1. The monoisotopic (exact) mass is 279 g/mol. The number of urea groups is 1. The van der Waals surface area contributed by atoms with E-state index in [9.17, 15) is 14.4 Å². The van der Waals surface area contributed by atoms with Gasteiger partial charge in [0.1, 0.15) is 6.54 Å². The molecule has 1 rings (SSSR count). The fourth-order valence-electron chi connectivity index (χ4n) is 1.82. The zero-order chi connectivity index (χ0) is 15.1. The third-order valence-corrected chi connectivity index (χ3v) is 2.71. The molecular formula is C13H17N3O4. The van der Waals surface area contributed by atoms with Gasteiger partial charge in [0.2, 0.25) is 5.91 Å². The lowest BCUT2D eigenvalue weighted by molar-refractivity contribution is -0.138. The van der Waals surface area contributed by atoms with Gasteiger partial charge in [0, 0.05) is 0 Å². The Bertz CT molecular complexity index is 516. The molecule has 7 nitrogen and oxygen atoms in total. The molecule has 0 spiro atoms. The molecule has 3 amide bonds. The molecule has 7 heteroatoms. The van der Waals surface area contributed by atoms with E-state index < -0.39 is 30.5 Å². The molecule has 1 atom stereocenters. The summed E-state index contributed by atoms with van der Waals surface area (Å²) in [5.74, 6) is -1.61. The Balaban J connectivity index is 2.80. The minimum Gasteiger partial charge on any atom is -0.480 e. The van der Waals surface area contributed by atoms with Gasteiger partial charge in [0.15, 0.2) is 0 Å². The van der Waals surface area contributed by atoms with Crippen molar-refractivity contribution in [1.82, 2.24) is 10.6 Å². The van der Waals surface area contributed by atoms with Gasteiger partial charge < -0.3 is 21.5 Å². The summed E-state index contributed by atoms with van der Waals surface area (Å²) in [6, 6.07) is 5.91. The summed E-state index contributed by atoms with van der Waals surface area (Å²) in [7, 11) is 0. The minimum atomic E-state index is -1.13. The summed E-state index contributed by atoms with van der Waals surface area (Å²) in [5.41, 5.74) is 6.76. The van der Waals surface area contributed by atoms with Gasteiger partial charge in [-0.2, -0.15) is 0 Å². The highest BCUT2D eigenvalue weighted by atomic mass is 16.4. The molecule has 1 aromatic carbocycles. The van der Waals surface area contributed by atoms with Crippen molar-refractivity contribution in [3.8, 4) is 0 Å². The standard InChI is InChI=1S/C13H17N3O4/c1-8-4-2-3-5-9(8)10(16-13(14)20)6-11(17)15-7-12(18)19/h2-5,10H,6-7H2,1H3,(H,15,17)(H,18,19)(H3,14,16,20). The van der Waals surface area contributed by atoms with Gasteiger partial charge in [-0.05, 0) is 18.1 Å². The lowest BCUT2D eigenvalue weighted by atomic mass is 9.98. The Labute approximate surface area is 116 Å². The van der Waals surface area contributed by atoms with E-state index in [2.05, 4.69) is 10.6 Å². The predicted molar refractivity (Wildman–Crippen MR) is 71.9 cm³/mol. The number of amides is 3. The largest absolute Gasteiger partial charge is 0.480 e. The van der Waals surface area contributed by atoms with Gasteiger partial charge in [-0.15, -0.1) is 0 Å². The zero-order valence-electron chi connectivity index (χ0n) is 11.1. The van der Waals surface area contributed by atoms with Crippen molar-refractivity contribution in [2.75, 3.05) is 6.54 Å². The number of rotatable bonds is 6. The van der Waals surface area contributed by atoms with Gasteiger partial charge in [-0.3, -0.25) is 9.59 Å². The SMILES string of the molecule is Cc1ccccc1C(CC(=O)NCC(=O)O)NC(N)=O. The van der Waals surface area contributed by atoms with E-state index in [1.807, 2.05) is 19.1 Å². The Hall–Kier alpha value is -2.57. The topological polar surface area (TPSA) is 122 Å². The second-order valence-corrected chi connectivity index (χ2v) is 4.29. The van der Waals surface area contributed by atoms with Crippen molar-refractivity contribution >= 4 is 17.9 Å². The van der Waals surface area contributed by atoms with E-state index in [-0.39, 0.29) is 6.42 Å². The van der Waals surface area contributed by atoms with Crippen LogP contribution in [0.3, 0.4) is 0 Å². The highest BCUT2D eigenvalue weighted by Gasteiger charge is 2.19. The third kappa shape index (κ3) is 4.97. The van der Waals surface area contributed by atoms with Crippen molar-refractivity contribution in [2.45, 2.75) is 19.4 Å². The number of hydrogen-bond donors (Lipinski definition) is 4. The average molecular weight is 279 g/mol. The second-order valence-electron chi connectivity index (χ2n) is 4.29. The fourth-order valence-corrected chi connectivity index (χ4v) is 1.82. The molecular weight excluding hydrogens is 262 g/mol. The van der Waals surface area contributed by atoms with Crippen molar-refractivity contribution < 1.29 is 19.5 Å². The van der Waals surface area contributed by atoms with Gasteiger partial charge in [0.05, 0.1) is 12.5 Å². The van der Waals surface area contributed by atoms with Gasteiger partial charge >= 0.3 is 12.0 Å². The van der Waals surface area contributed by atoms with Crippen molar-refractivity contribution in [1.29, 1.82) is 0 Å². The average Bonchev–Trinajstić information content (AvgIpc) is 2.35. The molecule has 0 bridgehead atoms. The number of nitrogens with two attached hydrogens (primary N) is 1. The van der Waals surface area contributed by atoms with Crippen molar-refractivity contribution in [3.63, 3.8) is 0 Å². The van der Waals surface area contributed by atoms with Crippen molar-refractivity contribution in [2.24, 2.45) is 5.73 Å². The predicted octanol–water partition coefficient (Wildman–Crippen LogP) is 0.295. The maximum atomic E-state index is 11.7. The van der Waals surface area contributed by atoms with E-state index in [1.165, 1.54) is 0 Å². The molecule has 0 aliphatic heterocycles. The second kappa shape index (κ2) is 7.13. The normalized spacial score (nSPS) is 11.4. The van der Waals surface area contributed by atoms with Gasteiger partial charge in [-0.1, -0.05) is 24.3 Å². The maximum Gasteiger partial charge on any atom is 0.322 e. The quantitative estimate of drug-likeness (QED) is 0.598. The molecule has 0 saturated heterocycles. The first-order chi connectivity index (χ1) is 9.40. The van der Waals surface area contributed by atoms with E-state index in [1.54, 1.807) is 12.1 Å². The molecule has 108 valence electrons. The molecule has 0 fully saturated rings. The summed E-state index contributed by atoms with van der Waals surface area (Å²) >= 11 is 0. The van der Waals surface area contributed by atoms with E-state index in [0.29, 0.717) is 0 Å². The number of primary amides is 1.